The number of benzene rings is 1. The van der Waals surface area contributed by atoms with Crippen molar-refractivity contribution < 1.29 is 14.3 Å². The van der Waals surface area contributed by atoms with Gasteiger partial charge in [0.2, 0.25) is 0 Å². The van der Waals surface area contributed by atoms with Gasteiger partial charge < -0.3 is 19.9 Å². The van der Waals surface area contributed by atoms with E-state index < -0.39 is 0 Å². The lowest BCUT2D eigenvalue weighted by Crippen LogP contribution is -2.53. The number of nitrogens with zero attached hydrogens (tertiary/aromatic N) is 2. The molecule has 1 heterocycles. The molecule has 0 atom stereocenters. The summed E-state index contributed by atoms with van der Waals surface area (Å²) in [5.41, 5.74) is 2.44. The highest BCUT2D eigenvalue weighted by molar-refractivity contribution is 5.75. The molecule has 6 nitrogen and oxygen atoms in total. The molecule has 1 aromatic rings. The number of amides is 3. The first-order valence-electron chi connectivity index (χ1n) is 7.51. The van der Waals surface area contributed by atoms with Crippen LogP contribution in [0.1, 0.15) is 11.1 Å². The Kier molecular flexibility index (Phi) is 5.63. The second-order valence-electron chi connectivity index (χ2n) is 5.42. The molecule has 1 N–H and O–H groups in total. The fraction of sp³-hybridized carbons (Fsp3) is 0.500. The van der Waals surface area contributed by atoms with Crippen molar-refractivity contribution in [3.8, 4) is 0 Å². The maximum absolute atomic E-state index is 12.1. The van der Waals surface area contributed by atoms with Crippen LogP contribution in [0.25, 0.3) is 0 Å². The first kappa shape index (κ1) is 16.1. The number of nitrogens with one attached hydrogen (secondary N) is 1. The molecular formula is C16H23N3O3. The Hall–Kier alpha value is -2.24. The summed E-state index contributed by atoms with van der Waals surface area (Å²) in [6.45, 7) is 4.76. The van der Waals surface area contributed by atoms with E-state index in [1.807, 2.05) is 6.07 Å². The molecule has 120 valence electrons. The Morgan fingerprint density at radius 3 is 2.50 bits per heavy atom. The van der Waals surface area contributed by atoms with Crippen molar-refractivity contribution in [3.05, 3.63) is 35.4 Å². The predicted octanol–water partition coefficient (Wildman–Crippen LogP) is 1.63. The van der Waals surface area contributed by atoms with Crippen LogP contribution in [0.5, 0.6) is 0 Å². The third-order valence-electron chi connectivity index (χ3n) is 3.77. The van der Waals surface area contributed by atoms with Crippen molar-refractivity contribution >= 4 is 12.1 Å². The van der Waals surface area contributed by atoms with Gasteiger partial charge in [-0.1, -0.05) is 29.8 Å². The zero-order chi connectivity index (χ0) is 15.9. The summed E-state index contributed by atoms with van der Waals surface area (Å²) in [7, 11) is 1.37. The molecule has 6 heteroatoms. The van der Waals surface area contributed by atoms with Gasteiger partial charge >= 0.3 is 12.1 Å². The van der Waals surface area contributed by atoms with E-state index in [9.17, 15) is 9.59 Å². The molecule has 22 heavy (non-hydrogen) atoms. The van der Waals surface area contributed by atoms with Gasteiger partial charge in [-0.25, -0.2) is 9.59 Å². The van der Waals surface area contributed by atoms with Gasteiger partial charge in [0.05, 0.1) is 7.11 Å². The first-order chi connectivity index (χ1) is 10.6. The number of hydrogen-bond donors (Lipinski definition) is 1. The smallest absolute Gasteiger partial charge is 0.409 e. The zero-order valence-corrected chi connectivity index (χ0v) is 13.2. The van der Waals surface area contributed by atoms with E-state index in [-0.39, 0.29) is 12.1 Å². The van der Waals surface area contributed by atoms with Crippen LogP contribution in [0.4, 0.5) is 9.59 Å². The quantitative estimate of drug-likeness (QED) is 0.923. The number of carbonyl (C=O) groups excluding carboxylic acids is 2. The second-order valence-corrected chi connectivity index (χ2v) is 5.42. The van der Waals surface area contributed by atoms with Crippen molar-refractivity contribution in [2.75, 3.05) is 39.8 Å². The second kappa shape index (κ2) is 7.68. The van der Waals surface area contributed by atoms with Gasteiger partial charge in [-0.15, -0.1) is 0 Å². The van der Waals surface area contributed by atoms with Crippen molar-refractivity contribution in [2.24, 2.45) is 0 Å². The Bertz CT molecular complexity index is 525. The van der Waals surface area contributed by atoms with Crippen LogP contribution in [0.15, 0.2) is 24.3 Å². The number of aryl methyl sites for hydroxylation is 1. The monoisotopic (exact) mass is 305 g/mol. The van der Waals surface area contributed by atoms with Crippen LogP contribution in [-0.2, 0) is 11.2 Å². The summed E-state index contributed by atoms with van der Waals surface area (Å²) in [5, 5.41) is 2.93. The molecule has 1 aliphatic rings. The fourth-order valence-electron chi connectivity index (χ4n) is 2.51. The lowest BCUT2D eigenvalue weighted by Gasteiger charge is -2.33. The van der Waals surface area contributed by atoms with E-state index in [2.05, 4.69) is 35.2 Å². The van der Waals surface area contributed by atoms with Crippen molar-refractivity contribution in [3.63, 3.8) is 0 Å². The molecule has 1 aliphatic heterocycles. The van der Waals surface area contributed by atoms with Gasteiger partial charge in [0.25, 0.3) is 0 Å². The summed E-state index contributed by atoms with van der Waals surface area (Å²) in [5.74, 6) is 0. The average molecular weight is 305 g/mol. The Morgan fingerprint density at radius 2 is 1.86 bits per heavy atom. The number of hydrogen-bond acceptors (Lipinski definition) is 3. The van der Waals surface area contributed by atoms with Gasteiger partial charge in [0.15, 0.2) is 0 Å². The molecule has 3 amide bonds. The minimum Gasteiger partial charge on any atom is -0.453 e. The largest absolute Gasteiger partial charge is 0.453 e. The Balaban J connectivity index is 1.71. The zero-order valence-electron chi connectivity index (χ0n) is 13.2. The minimum absolute atomic E-state index is 0.0721. The van der Waals surface area contributed by atoms with Crippen LogP contribution in [0.3, 0.4) is 0 Å². The van der Waals surface area contributed by atoms with E-state index in [4.69, 9.17) is 0 Å². The number of carbonyl (C=O) groups is 2. The third-order valence-corrected chi connectivity index (χ3v) is 3.77. The first-order valence-corrected chi connectivity index (χ1v) is 7.51. The minimum atomic E-state index is -0.334. The maximum Gasteiger partial charge on any atom is 0.409 e. The van der Waals surface area contributed by atoms with E-state index >= 15 is 0 Å². The highest BCUT2D eigenvalue weighted by atomic mass is 16.5. The van der Waals surface area contributed by atoms with E-state index in [0.29, 0.717) is 32.7 Å². The molecule has 1 aromatic carbocycles. The van der Waals surface area contributed by atoms with E-state index in [0.717, 1.165) is 6.42 Å². The van der Waals surface area contributed by atoms with Crippen molar-refractivity contribution in [1.82, 2.24) is 15.1 Å². The van der Waals surface area contributed by atoms with E-state index in [1.165, 1.54) is 18.2 Å². The highest BCUT2D eigenvalue weighted by Crippen LogP contribution is 2.05. The van der Waals surface area contributed by atoms with Crippen LogP contribution in [0, 0.1) is 6.92 Å². The van der Waals surface area contributed by atoms with Gasteiger partial charge in [-0.2, -0.15) is 0 Å². The molecule has 0 radical (unpaired) electrons. The summed E-state index contributed by atoms with van der Waals surface area (Å²) in [4.78, 5) is 26.8. The SMILES string of the molecule is COC(=O)N1CCN(C(=O)NCCc2cccc(C)c2)CC1. The maximum atomic E-state index is 12.1. The van der Waals surface area contributed by atoms with Gasteiger partial charge in [-0.3, -0.25) is 0 Å². The molecule has 1 saturated heterocycles. The molecule has 0 unspecified atom stereocenters. The van der Waals surface area contributed by atoms with Crippen molar-refractivity contribution in [1.29, 1.82) is 0 Å². The van der Waals surface area contributed by atoms with Crippen LogP contribution < -0.4 is 5.32 Å². The summed E-state index contributed by atoms with van der Waals surface area (Å²) < 4.78 is 4.68. The summed E-state index contributed by atoms with van der Waals surface area (Å²) in [6, 6.07) is 8.20. The molecule has 2 rings (SSSR count). The lowest BCUT2D eigenvalue weighted by atomic mass is 10.1. The fourth-order valence-corrected chi connectivity index (χ4v) is 2.51. The van der Waals surface area contributed by atoms with Crippen LogP contribution >= 0.6 is 0 Å². The van der Waals surface area contributed by atoms with E-state index in [1.54, 1.807) is 9.80 Å². The molecule has 0 spiro atoms. The van der Waals surface area contributed by atoms with Crippen molar-refractivity contribution in [2.45, 2.75) is 13.3 Å². The lowest BCUT2D eigenvalue weighted by molar-refractivity contribution is 0.0971. The van der Waals surface area contributed by atoms with Crippen LogP contribution in [0.2, 0.25) is 0 Å². The molecule has 0 aliphatic carbocycles. The normalized spacial score (nSPS) is 14.6. The van der Waals surface area contributed by atoms with Crippen LogP contribution in [-0.4, -0.2) is 61.8 Å². The average Bonchev–Trinajstić information content (AvgIpc) is 2.54. The number of rotatable bonds is 3. The number of piperazine rings is 1. The molecule has 1 fully saturated rings. The highest BCUT2D eigenvalue weighted by Gasteiger charge is 2.24. The molecule has 0 saturated carbocycles. The Morgan fingerprint density at radius 1 is 1.18 bits per heavy atom. The number of urea groups is 1. The topological polar surface area (TPSA) is 61.9 Å². The molecule has 0 aromatic heterocycles. The Labute approximate surface area is 131 Å². The van der Waals surface area contributed by atoms with Gasteiger partial charge in [0, 0.05) is 32.7 Å². The molecule has 0 bridgehead atoms. The number of methoxy groups -OCH3 is 1. The number of ether oxygens (including phenoxy) is 1. The van der Waals surface area contributed by atoms with Gasteiger partial charge in [0.1, 0.15) is 0 Å². The standard InChI is InChI=1S/C16H23N3O3/c1-13-4-3-5-14(12-13)6-7-17-15(20)18-8-10-19(11-9-18)16(21)22-2/h3-5,12H,6-11H2,1-2H3,(H,17,20). The summed E-state index contributed by atoms with van der Waals surface area (Å²) >= 11 is 0. The third kappa shape index (κ3) is 4.38. The molecular weight excluding hydrogens is 282 g/mol. The predicted molar refractivity (Wildman–Crippen MR) is 83.8 cm³/mol. The summed E-state index contributed by atoms with van der Waals surface area (Å²) in [6.07, 6.45) is 0.481. The van der Waals surface area contributed by atoms with Gasteiger partial charge in [-0.05, 0) is 18.9 Å².